The van der Waals surface area contributed by atoms with E-state index in [1.807, 2.05) is 91.0 Å². The van der Waals surface area contributed by atoms with Crippen LogP contribution in [0.5, 0.6) is 0 Å². The van der Waals surface area contributed by atoms with E-state index in [0.717, 1.165) is 16.7 Å². The Morgan fingerprint density at radius 2 is 1.31 bits per heavy atom. The average Bonchev–Trinajstić information content (AvgIpc) is 2.79. The van der Waals surface area contributed by atoms with Gasteiger partial charge < -0.3 is 10.1 Å². The van der Waals surface area contributed by atoms with Crippen LogP contribution in [0, 0.1) is 5.92 Å². The molecule has 0 unspecified atom stereocenters. The highest BCUT2D eigenvalue weighted by molar-refractivity contribution is 6.30. The molecular weight excluding hydrogens is 362 g/mol. The van der Waals surface area contributed by atoms with Gasteiger partial charge in [-0.1, -0.05) is 91.0 Å². The zero-order valence-corrected chi connectivity index (χ0v) is 16.0. The van der Waals surface area contributed by atoms with E-state index in [2.05, 4.69) is 5.32 Å². The fraction of sp³-hybridized carbons (Fsp3) is 0.120. The number of ether oxygens (including phenoxy) is 1. The van der Waals surface area contributed by atoms with E-state index in [4.69, 9.17) is 4.74 Å². The molecule has 1 amide bonds. The topological polar surface area (TPSA) is 55.4 Å². The predicted molar refractivity (Wildman–Crippen MR) is 113 cm³/mol. The fourth-order valence-corrected chi connectivity index (χ4v) is 3.89. The summed E-state index contributed by atoms with van der Waals surface area (Å²) >= 11 is 0. The highest BCUT2D eigenvalue weighted by Crippen LogP contribution is 2.43. The second-order valence-electron chi connectivity index (χ2n) is 6.88. The molecule has 4 heteroatoms. The van der Waals surface area contributed by atoms with Crippen molar-refractivity contribution in [3.63, 3.8) is 0 Å². The van der Waals surface area contributed by atoms with Gasteiger partial charge >= 0.3 is 5.97 Å². The predicted octanol–water partition coefficient (Wildman–Crippen LogP) is 4.26. The van der Waals surface area contributed by atoms with E-state index in [0.29, 0.717) is 11.1 Å². The molecule has 1 aliphatic heterocycles. The van der Waals surface area contributed by atoms with Crippen molar-refractivity contribution in [1.82, 2.24) is 5.32 Å². The van der Waals surface area contributed by atoms with Crippen molar-refractivity contribution in [3.05, 3.63) is 108 Å². The first-order valence-corrected chi connectivity index (χ1v) is 9.49. The third-order valence-electron chi connectivity index (χ3n) is 5.19. The Kier molecular flexibility index (Phi) is 5.25. The fourth-order valence-electron chi connectivity index (χ4n) is 3.89. The number of amides is 1. The van der Waals surface area contributed by atoms with Gasteiger partial charge in [-0.05, 0) is 22.3 Å². The van der Waals surface area contributed by atoms with Gasteiger partial charge in [-0.3, -0.25) is 9.59 Å². The highest BCUT2D eigenvalue weighted by Gasteiger charge is 2.42. The van der Waals surface area contributed by atoms with E-state index in [1.165, 1.54) is 7.11 Å². The lowest BCUT2D eigenvalue weighted by molar-refractivity contribution is -0.144. The number of esters is 1. The summed E-state index contributed by atoms with van der Waals surface area (Å²) in [5.74, 6) is -1.26. The molecule has 3 aromatic rings. The summed E-state index contributed by atoms with van der Waals surface area (Å²) in [6, 6.07) is 28.0. The molecule has 144 valence electrons. The molecule has 3 aromatic carbocycles. The molecule has 0 radical (unpaired) electrons. The molecule has 1 N–H and O–H groups in total. The van der Waals surface area contributed by atoms with Gasteiger partial charge in [0.15, 0.2) is 0 Å². The van der Waals surface area contributed by atoms with Gasteiger partial charge in [0.05, 0.1) is 18.7 Å². The van der Waals surface area contributed by atoms with Crippen molar-refractivity contribution in [2.75, 3.05) is 7.11 Å². The lowest BCUT2D eigenvalue weighted by Gasteiger charge is -2.35. The third-order valence-corrected chi connectivity index (χ3v) is 5.19. The standard InChI is InChI=1S/C25H21NO3/c1-29-25(28)22-20(17-11-5-2-6-12-17)21(18-13-7-3-8-14-18)24(27)26-23(22)19-15-9-4-10-16-19/h2-16,22-23H,1H3,(H,26,27)/t22-,23-/m0/s1. The second-order valence-corrected chi connectivity index (χ2v) is 6.88. The lowest BCUT2D eigenvalue weighted by Crippen LogP contribution is -2.43. The zero-order valence-electron chi connectivity index (χ0n) is 16.0. The first-order chi connectivity index (χ1) is 14.2. The van der Waals surface area contributed by atoms with E-state index in [1.54, 1.807) is 0 Å². The molecule has 0 aliphatic carbocycles. The van der Waals surface area contributed by atoms with Crippen LogP contribution in [-0.4, -0.2) is 19.0 Å². The number of hydrogen-bond acceptors (Lipinski definition) is 3. The van der Waals surface area contributed by atoms with Crippen molar-refractivity contribution in [3.8, 4) is 0 Å². The monoisotopic (exact) mass is 383 g/mol. The zero-order chi connectivity index (χ0) is 20.2. The van der Waals surface area contributed by atoms with Crippen LogP contribution in [0.3, 0.4) is 0 Å². The minimum Gasteiger partial charge on any atom is -0.468 e. The second kappa shape index (κ2) is 8.15. The molecule has 4 rings (SSSR count). The van der Waals surface area contributed by atoms with Crippen molar-refractivity contribution < 1.29 is 14.3 Å². The Hall–Kier alpha value is -3.66. The molecule has 0 saturated heterocycles. The Morgan fingerprint density at radius 1 is 0.793 bits per heavy atom. The molecule has 1 heterocycles. The highest BCUT2D eigenvalue weighted by atomic mass is 16.5. The van der Waals surface area contributed by atoms with Gasteiger partial charge in [0.1, 0.15) is 5.92 Å². The van der Waals surface area contributed by atoms with Crippen LogP contribution in [0.15, 0.2) is 91.0 Å². The molecular formula is C25H21NO3. The maximum atomic E-state index is 13.3. The minimum absolute atomic E-state index is 0.205. The Balaban J connectivity index is 2.00. The summed E-state index contributed by atoms with van der Waals surface area (Å²) < 4.78 is 5.19. The van der Waals surface area contributed by atoms with Gasteiger partial charge in [0.2, 0.25) is 0 Å². The summed E-state index contributed by atoms with van der Waals surface area (Å²) in [6.45, 7) is 0. The molecule has 0 bridgehead atoms. The minimum atomic E-state index is -0.669. The largest absolute Gasteiger partial charge is 0.468 e. The number of hydrogen-bond donors (Lipinski definition) is 1. The molecule has 29 heavy (non-hydrogen) atoms. The summed E-state index contributed by atoms with van der Waals surface area (Å²) in [4.78, 5) is 26.3. The number of carbonyl (C=O) groups excluding carboxylic acids is 2. The first-order valence-electron chi connectivity index (χ1n) is 9.49. The third kappa shape index (κ3) is 3.57. The quantitative estimate of drug-likeness (QED) is 0.685. The van der Waals surface area contributed by atoms with E-state index in [9.17, 15) is 9.59 Å². The molecule has 4 nitrogen and oxygen atoms in total. The number of methoxy groups -OCH3 is 1. The first kappa shape index (κ1) is 18.7. The molecule has 0 spiro atoms. The maximum Gasteiger partial charge on any atom is 0.315 e. The van der Waals surface area contributed by atoms with Crippen LogP contribution >= 0.6 is 0 Å². The van der Waals surface area contributed by atoms with E-state index >= 15 is 0 Å². The average molecular weight is 383 g/mol. The van der Waals surface area contributed by atoms with Crippen LogP contribution < -0.4 is 5.32 Å². The number of rotatable bonds is 4. The number of nitrogens with one attached hydrogen (secondary N) is 1. The maximum absolute atomic E-state index is 13.3. The summed E-state index contributed by atoms with van der Waals surface area (Å²) in [7, 11) is 1.38. The number of carbonyl (C=O) groups is 2. The summed E-state index contributed by atoms with van der Waals surface area (Å²) in [6.07, 6.45) is 0. The number of benzene rings is 3. The summed E-state index contributed by atoms with van der Waals surface area (Å²) in [5.41, 5.74) is 3.64. The smallest absolute Gasteiger partial charge is 0.315 e. The van der Waals surface area contributed by atoms with Crippen LogP contribution in [0.2, 0.25) is 0 Å². The van der Waals surface area contributed by atoms with Crippen LogP contribution in [0.1, 0.15) is 22.7 Å². The van der Waals surface area contributed by atoms with Gasteiger partial charge in [-0.15, -0.1) is 0 Å². The molecule has 0 aromatic heterocycles. The SMILES string of the molecule is COC(=O)[C@H]1C(c2ccccc2)=C(c2ccccc2)C(=O)N[C@H]1c1ccccc1. The van der Waals surface area contributed by atoms with Crippen molar-refractivity contribution in [2.24, 2.45) is 5.92 Å². The van der Waals surface area contributed by atoms with Gasteiger partial charge in [-0.2, -0.15) is 0 Å². The lowest BCUT2D eigenvalue weighted by atomic mass is 9.76. The van der Waals surface area contributed by atoms with Crippen LogP contribution in [-0.2, 0) is 14.3 Å². The summed E-state index contributed by atoms with van der Waals surface area (Å²) in [5, 5.41) is 3.05. The van der Waals surface area contributed by atoms with Crippen molar-refractivity contribution in [1.29, 1.82) is 0 Å². The van der Waals surface area contributed by atoms with E-state index in [-0.39, 0.29) is 11.9 Å². The van der Waals surface area contributed by atoms with Crippen LogP contribution in [0.4, 0.5) is 0 Å². The molecule has 2 atom stereocenters. The van der Waals surface area contributed by atoms with Gasteiger partial charge in [0, 0.05) is 0 Å². The molecule has 1 aliphatic rings. The van der Waals surface area contributed by atoms with Crippen molar-refractivity contribution in [2.45, 2.75) is 6.04 Å². The Labute approximate surface area is 169 Å². The Bertz CT molecular complexity index is 1040. The van der Waals surface area contributed by atoms with Crippen molar-refractivity contribution >= 4 is 23.0 Å². The van der Waals surface area contributed by atoms with Gasteiger partial charge in [-0.25, -0.2) is 0 Å². The normalized spacial score (nSPS) is 18.9. The van der Waals surface area contributed by atoms with Gasteiger partial charge in [0.25, 0.3) is 5.91 Å². The van der Waals surface area contributed by atoms with Crippen LogP contribution in [0.25, 0.3) is 11.1 Å². The molecule has 0 fully saturated rings. The molecule has 0 saturated carbocycles. The Morgan fingerprint density at radius 3 is 1.86 bits per heavy atom. The van der Waals surface area contributed by atoms with E-state index < -0.39 is 12.0 Å².